The Bertz CT molecular complexity index is 351. The van der Waals surface area contributed by atoms with Crippen molar-refractivity contribution in [3.63, 3.8) is 0 Å². The van der Waals surface area contributed by atoms with Crippen molar-refractivity contribution in [2.75, 3.05) is 5.75 Å². The highest BCUT2D eigenvalue weighted by Crippen LogP contribution is 2.21. The molecule has 0 heterocycles. The van der Waals surface area contributed by atoms with Crippen LogP contribution in [0.2, 0.25) is 0 Å². The van der Waals surface area contributed by atoms with E-state index in [1.54, 1.807) is 0 Å². The van der Waals surface area contributed by atoms with Crippen molar-refractivity contribution in [2.24, 2.45) is 0 Å². The third-order valence-electron chi connectivity index (χ3n) is 3.85. The van der Waals surface area contributed by atoms with Gasteiger partial charge in [0.1, 0.15) is 0 Å². The Morgan fingerprint density at radius 2 is 1.48 bits per heavy atom. The highest BCUT2D eigenvalue weighted by atomic mass is 32.2. The summed E-state index contributed by atoms with van der Waals surface area (Å²) in [6.45, 7) is 2.42. The molecule has 0 aromatic heterocycles. The zero-order valence-electron chi connectivity index (χ0n) is 13.7. The second kappa shape index (κ2) is 13.2. The molecule has 1 aromatic rings. The van der Waals surface area contributed by atoms with Crippen molar-refractivity contribution in [1.82, 2.24) is 0 Å². The van der Waals surface area contributed by atoms with Gasteiger partial charge < -0.3 is 5.11 Å². The Kier molecular flexibility index (Phi) is 11.7. The predicted molar refractivity (Wildman–Crippen MR) is 94.9 cm³/mol. The largest absolute Gasteiger partial charge is 0.392 e. The zero-order chi connectivity index (χ0) is 15.2. The molecule has 21 heavy (non-hydrogen) atoms. The summed E-state index contributed by atoms with van der Waals surface area (Å²) in [5, 5.41) is 9.11. The number of hydrogen-bond acceptors (Lipinski definition) is 2. The molecule has 120 valence electrons. The number of unbranched alkanes of at least 4 members (excludes halogenated alkanes) is 9. The number of aliphatic hydroxyl groups is 1. The average Bonchev–Trinajstić information content (AvgIpc) is 2.53. The van der Waals surface area contributed by atoms with E-state index in [0.29, 0.717) is 0 Å². The second-order valence-electron chi connectivity index (χ2n) is 5.84. The van der Waals surface area contributed by atoms with Crippen molar-refractivity contribution in [3.8, 4) is 0 Å². The van der Waals surface area contributed by atoms with Crippen LogP contribution in [0, 0.1) is 0 Å². The smallest absolute Gasteiger partial charge is 0.0682 e. The summed E-state index contributed by atoms with van der Waals surface area (Å²) in [5.74, 6) is 1.20. The second-order valence-corrected chi connectivity index (χ2v) is 7.00. The van der Waals surface area contributed by atoms with Crippen LogP contribution in [-0.2, 0) is 6.61 Å². The summed E-state index contributed by atoms with van der Waals surface area (Å²) in [7, 11) is 0. The molecule has 1 aromatic carbocycles. The number of aliphatic hydroxyl groups excluding tert-OH is 1. The van der Waals surface area contributed by atoms with Gasteiger partial charge in [-0.3, -0.25) is 0 Å². The number of benzene rings is 1. The summed E-state index contributed by atoms with van der Waals surface area (Å²) in [4.78, 5) is 1.29. The van der Waals surface area contributed by atoms with Crippen molar-refractivity contribution in [2.45, 2.75) is 82.6 Å². The van der Waals surface area contributed by atoms with Crippen LogP contribution >= 0.6 is 11.8 Å². The van der Waals surface area contributed by atoms with Crippen molar-refractivity contribution < 1.29 is 5.11 Å². The maximum atomic E-state index is 9.11. The van der Waals surface area contributed by atoms with Gasteiger partial charge in [0.2, 0.25) is 0 Å². The SMILES string of the molecule is CCCCCCCCCCCCSc1cccc(CO)c1. The van der Waals surface area contributed by atoms with E-state index >= 15 is 0 Å². The van der Waals surface area contributed by atoms with Gasteiger partial charge in [0, 0.05) is 4.90 Å². The van der Waals surface area contributed by atoms with E-state index in [4.69, 9.17) is 5.11 Å². The fourth-order valence-electron chi connectivity index (χ4n) is 2.51. The van der Waals surface area contributed by atoms with E-state index in [1.165, 1.54) is 74.9 Å². The Labute approximate surface area is 135 Å². The monoisotopic (exact) mass is 308 g/mol. The minimum Gasteiger partial charge on any atom is -0.392 e. The standard InChI is InChI=1S/C19H32OS/c1-2-3-4-5-6-7-8-9-10-11-15-21-19-14-12-13-18(16-19)17-20/h12-14,16,20H,2-11,15,17H2,1H3. The van der Waals surface area contributed by atoms with E-state index in [-0.39, 0.29) is 6.61 Å². The van der Waals surface area contributed by atoms with Crippen LogP contribution in [0.5, 0.6) is 0 Å². The van der Waals surface area contributed by atoms with Crippen LogP contribution in [0.15, 0.2) is 29.2 Å². The summed E-state index contributed by atoms with van der Waals surface area (Å²) in [6, 6.07) is 8.25. The molecule has 0 aliphatic heterocycles. The van der Waals surface area contributed by atoms with Crippen molar-refractivity contribution >= 4 is 11.8 Å². The van der Waals surface area contributed by atoms with Gasteiger partial charge in [0.15, 0.2) is 0 Å². The van der Waals surface area contributed by atoms with Gasteiger partial charge in [-0.05, 0) is 29.9 Å². The lowest BCUT2D eigenvalue weighted by Crippen LogP contribution is -1.86. The summed E-state index contributed by atoms with van der Waals surface area (Å²) in [5.41, 5.74) is 1.02. The van der Waals surface area contributed by atoms with Gasteiger partial charge in [-0.1, -0.05) is 76.8 Å². The summed E-state index contributed by atoms with van der Waals surface area (Å²) >= 11 is 1.92. The van der Waals surface area contributed by atoms with Gasteiger partial charge in [-0.25, -0.2) is 0 Å². The molecule has 0 amide bonds. The lowest BCUT2D eigenvalue weighted by Gasteiger charge is -2.04. The van der Waals surface area contributed by atoms with Crippen LogP contribution in [0.4, 0.5) is 0 Å². The molecule has 0 unspecified atom stereocenters. The quantitative estimate of drug-likeness (QED) is 0.346. The first-order valence-corrected chi connectivity index (χ1v) is 9.68. The van der Waals surface area contributed by atoms with Crippen molar-refractivity contribution in [3.05, 3.63) is 29.8 Å². The molecule has 0 saturated carbocycles. The van der Waals surface area contributed by atoms with Gasteiger partial charge in [-0.2, -0.15) is 0 Å². The molecule has 1 N–H and O–H groups in total. The summed E-state index contributed by atoms with van der Waals surface area (Å²) < 4.78 is 0. The molecule has 0 radical (unpaired) electrons. The highest BCUT2D eigenvalue weighted by molar-refractivity contribution is 7.99. The molecule has 0 aliphatic carbocycles. The normalized spacial score (nSPS) is 11.0. The molecule has 0 atom stereocenters. The zero-order valence-corrected chi connectivity index (χ0v) is 14.5. The van der Waals surface area contributed by atoms with Gasteiger partial charge in [-0.15, -0.1) is 11.8 Å². The Balaban J connectivity index is 1.90. The number of hydrogen-bond donors (Lipinski definition) is 1. The van der Waals surface area contributed by atoms with E-state index in [9.17, 15) is 0 Å². The van der Waals surface area contributed by atoms with Gasteiger partial charge in [0.05, 0.1) is 6.61 Å². The van der Waals surface area contributed by atoms with E-state index in [2.05, 4.69) is 19.1 Å². The molecule has 0 fully saturated rings. The molecule has 2 heteroatoms. The molecular weight excluding hydrogens is 276 g/mol. The fourth-order valence-corrected chi connectivity index (χ4v) is 3.51. The lowest BCUT2D eigenvalue weighted by molar-refractivity contribution is 0.281. The van der Waals surface area contributed by atoms with Crippen LogP contribution in [0.1, 0.15) is 76.7 Å². The lowest BCUT2D eigenvalue weighted by atomic mass is 10.1. The van der Waals surface area contributed by atoms with Crippen LogP contribution < -0.4 is 0 Å². The molecule has 0 saturated heterocycles. The Morgan fingerprint density at radius 3 is 2.10 bits per heavy atom. The molecule has 1 nitrogen and oxygen atoms in total. The minimum atomic E-state index is 0.145. The van der Waals surface area contributed by atoms with E-state index in [0.717, 1.165) is 5.56 Å². The molecule has 0 bridgehead atoms. The van der Waals surface area contributed by atoms with Crippen molar-refractivity contribution in [1.29, 1.82) is 0 Å². The Hall–Kier alpha value is -0.470. The predicted octanol–water partition coefficient (Wildman–Crippen LogP) is 6.19. The van der Waals surface area contributed by atoms with Crippen LogP contribution in [0.3, 0.4) is 0 Å². The van der Waals surface area contributed by atoms with E-state index < -0.39 is 0 Å². The average molecular weight is 309 g/mol. The first-order valence-electron chi connectivity index (χ1n) is 8.69. The Morgan fingerprint density at radius 1 is 0.857 bits per heavy atom. The fraction of sp³-hybridized carbons (Fsp3) is 0.684. The maximum absolute atomic E-state index is 9.11. The van der Waals surface area contributed by atoms with Gasteiger partial charge >= 0.3 is 0 Å². The number of thioether (sulfide) groups is 1. The highest BCUT2D eigenvalue weighted by Gasteiger charge is 1.97. The maximum Gasteiger partial charge on any atom is 0.0682 e. The molecule has 1 rings (SSSR count). The molecular formula is C19H32OS. The molecule has 0 spiro atoms. The third kappa shape index (κ3) is 9.97. The molecule has 0 aliphatic rings. The van der Waals surface area contributed by atoms with Crippen LogP contribution in [0.25, 0.3) is 0 Å². The minimum absolute atomic E-state index is 0.145. The first kappa shape index (κ1) is 18.6. The van der Waals surface area contributed by atoms with E-state index in [1.807, 2.05) is 23.9 Å². The number of rotatable bonds is 13. The topological polar surface area (TPSA) is 20.2 Å². The van der Waals surface area contributed by atoms with Gasteiger partial charge in [0.25, 0.3) is 0 Å². The third-order valence-corrected chi connectivity index (χ3v) is 4.93. The van der Waals surface area contributed by atoms with Crippen LogP contribution in [-0.4, -0.2) is 10.9 Å². The summed E-state index contributed by atoms with van der Waals surface area (Å²) in [6.07, 6.45) is 14.0. The first-order chi connectivity index (χ1) is 10.4.